The highest BCUT2D eigenvalue weighted by molar-refractivity contribution is 7.17. The van der Waals surface area contributed by atoms with E-state index in [9.17, 15) is 9.18 Å². The van der Waals surface area contributed by atoms with Gasteiger partial charge in [-0.1, -0.05) is 12.1 Å². The smallest absolute Gasteiger partial charge is 0.263 e. The molecule has 4 rings (SSSR count). The van der Waals surface area contributed by atoms with Gasteiger partial charge >= 0.3 is 0 Å². The van der Waals surface area contributed by atoms with Crippen LogP contribution in [0.15, 0.2) is 36.4 Å². The molecule has 4 nitrogen and oxygen atoms in total. The summed E-state index contributed by atoms with van der Waals surface area (Å²) in [6.45, 7) is 2.81. The molecule has 2 fully saturated rings. The first-order valence-electron chi connectivity index (χ1n) is 8.59. The van der Waals surface area contributed by atoms with Gasteiger partial charge in [0.25, 0.3) is 5.91 Å². The van der Waals surface area contributed by atoms with E-state index in [1.165, 1.54) is 23.5 Å². The minimum Gasteiger partial charge on any atom is -0.350 e. The second kappa shape index (κ2) is 7.23. The number of likely N-dealkylation sites (tertiary alicyclic amines) is 1. The lowest BCUT2D eigenvalue weighted by Crippen LogP contribution is -2.41. The topological polar surface area (TPSA) is 38.8 Å². The predicted octanol–water partition coefficient (Wildman–Crippen LogP) is 3.78. The lowest BCUT2D eigenvalue weighted by Gasteiger charge is -2.33. The third kappa shape index (κ3) is 3.61. The van der Waals surface area contributed by atoms with Crippen molar-refractivity contribution in [3.8, 4) is 10.4 Å². The van der Waals surface area contributed by atoms with E-state index in [1.54, 1.807) is 12.1 Å². The largest absolute Gasteiger partial charge is 0.350 e. The van der Waals surface area contributed by atoms with E-state index < -0.39 is 0 Å². The van der Waals surface area contributed by atoms with E-state index in [0.717, 1.165) is 41.2 Å². The number of ether oxygens (including phenoxy) is 2. The molecule has 0 N–H and O–H groups in total. The van der Waals surface area contributed by atoms with Crippen molar-refractivity contribution in [1.82, 2.24) is 4.90 Å². The first-order valence-corrected chi connectivity index (χ1v) is 9.40. The van der Waals surface area contributed by atoms with Crippen LogP contribution in [0.2, 0.25) is 0 Å². The molecule has 6 heteroatoms. The third-order valence-corrected chi connectivity index (χ3v) is 5.93. The minimum atomic E-state index is -0.255. The third-order valence-electron chi connectivity index (χ3n) is 4.80. The number of halogens is 1. The Morgan fingerprint density at radius 1 is 1.04 bits per heavy atom. The molecule has 2 aliphatic rings. The summed E-state index contributed by atoms with van der Waals surface area (Å²) in [6.07, 6.45) is 1.73. The van der Waals surface area contributed by atoms with Crippen molar-refractivity contribution in [3.63, 3.8) is 0 Å². The van der Waals surface area contributed by atoms with Crippen LogP contribution >= 0.6 is 11.3 Å². The summed E-state index contributed by atoms with van der Waals surface area (Å²) < 4.78 is 24.2. The Morgan fingerprint density at radius 2 is 1.72 bits per heavy atom. The van der Waals surface area contributed by atoms with Gasteiger partial charge in [0.15, 0.2) is 6.29 Å². The van der Waals surface area contributed by atoms with Gasteiger partial charge in [0.05, 0.1) is 18.1 Å². The van der Waals surface area contributed by atoms with Crippen LogP contribution in [0.1, 0.15) is 22.5 Å². The molecule has 132 valence electrons. The molecule has 25 heavy (non-hydrogen) atoms. The number of carbonyl (C=O) groups is 1. The number of rotatable bonds is 3. The summed E-state index contributed by atoms with van der Waals surface area (Å²) in [5.41, 5.74) is 0.930. The molecular weight excluding hydrogens is 341 g/mol. The molecule has 0 radical (unpaired) electrons. The average Bonchev–Trinajstić information content (AvgIpc) is 3.34. The molecule has 0 saturated carbocycles. The molecule has 0 atom stereocenters. The van der Waals surface area contributed by atoms with Gasteiger partial charge < -0.3 is 14.4 Å². The fraction of sp³-hybridized carbons (Fsp3) is 0.421. The second-order valence-electron chi connectivity index (χ2n) is 6.41. The first-order chi connectivity index (χ1) is 12.2. The van der Waals surface area contributed by atoms with Gasteiger partial charge in [-0.15, -0.1) is 11.3 Å². The number of amides is 1. The fourth-order valence-electron chi connectivity index (χ4n) is 3.40. The van der Waals surface area contributed by atoms with E-state index >= 15 is 0 Å². The zero-order chi connectivity index (χ0) is 17.2. The predicted molar refractivity (Wildman–Crippen MR) is 94.0 cm³/mol. The number of hydrogen-bond acceptors (Lipinski definition) is 4. The summed E-state index contributed by atoms with van der Waals surface area (Å²) in [5, 5.41) is 0. The molecule has 1 aromatic carbocycles. The molecule has 1 amide bonds. The maximum absolute atomic E-state index is 13.0. The molecule has 0 bridgehead atoms. The standard InChI is InChI=1S/C19H20FNO3S/c20-15-3-1-13(2-4-15)16-5-6-17(25-16)18(22)21-9-7-14(8-10-21)19-23-11-12-24-19/h1-6,14,19H,7-12H2. The number of carbonyl (C=O) groups excluding carboxylic acids is 1. The van der Waals surface area contributed by atoms with E-state index in [-0.39, 0.29) is 18.0 Å². The number of hydrogen-bond donors (Lipinski definition) is 0. The Balaban J connectivity index is 1.39. The summed E-state index contributed by atoms with van der Waals surface area (Å²) in [7, 11) is 0. The highest BCUT2D eigenvalue weighted by atomic mass is 32.1. The second-order valence-corrected chi connectivity index (χ2v) is 7.49. The molecular formula is C19H20FNO3S. The Hall–Kier alpha value is -1.76. The van der Waals surface area contributed by atoms with Crippen LogP contribution in [0.25, 0.3) is 10.4 Å². The summed E-state index contributed by atoms with van der Waals surface area (Å²) >= 11 is 1.46. The summed E-state index contributed by atoms with van der Waals surface area (Å²) in [6, 6.07) is 10.1. The summed E-state index contributed by atoms with van der Waals surface area (Å²) in [4.78, 5) is 16.4. The molecule has 0 spiro atoms. The summed E-state index contributed by atoms with van der Waals surface area (Å²) in [5.74, 6) is 0.199. The van der Waals surface area contributed by atoms with Crippen molar-refractivity contribution in [2.75, 3.05) is 26.3 Å². The van der Waals surface area contributed by atoms with E-state index in [2.05, 4.69) is 0 Å². The van der Waals surface area contributed by atoms with E-state index in [4.69, 9.17) is 9.47 Å². The molecule has 2 aliphatic heterocycles. The van der Waals surface area contributed by atoms with Crippen LogP contribution in [0.3, 0.4) is 0 Å². The van der Waals surface area contributed by atoms with Crippen molar-refractivity contribution in [3.05, 3.63) is 47.1 Å². The Kier molecular flexibility index (Phi) is 4.83. The van der Waals surface area contributed by atoms with Crippen LogP contribution in [0.4, 0.5) is 4.39 Å². The quantitative estimate of drug-likeness (QED) is 0.835. The van der Waals surface area contributed by atoms with Crippen molar-refractivity contribution < 1.29 is 18.7 Å². The number of nitrogens with zero attached hydrogens (tertiary/aromatic N) is 1. The molecule has 1 aromatic heterocycles. The molecule has 3 heterocycles. The minimum absolute atomic E-state index is 0.0741. The van der Waals surface area contributed by atoms with Crippen LogP contribution < -0.4 is 0 Å². The maximum Gasteiger partial charge on any atom is 0.263 e. The zero-order valence-electron chi connectivity index (χ0n) is 13.8. The van der Waals surface area contributed by atoms with Crippen LogP contribution in [0.5, 0.6) is 0 Å². The van der Waals surface area contributed by atoms with Gasteiger partial charge in [0.1, 0.15) is 5.82 Å². The van der Waals surface area contributed by atoms with Gasteiger partial charge in [-0.3, -0.25) is 4.79 Å². The number of thiophene rings is 1. The number of benzene rings is 1. The van der Waals surface area contributed by atoms with E-state index in [1.807, 2.05) is 17.0 Å². The van der Waals surface area contributed by atoms with Crippen molar-refractivity contribution in [2.24, 2.45) is 5.92 Å². The average molecular weight is 361 g/mol. The molecule has 2 saturated heterocycles. The fourth-order valence-corrected chi connectivity index (χ4v) is 4.38. The SMILES string of the molecule is O=C(c1ccc(-c2ccc(F)cc2)s1)N1CCC(C2OCCO2)CC1. The maximum atomic E-state index is 13.0. The molecule has 0 unspecified atom stereocenters. The van der Waals surface area contributed by atoms with Crippen LogP contribution in [-0.2, 0) is 9.47 Å². The van der Waals surface area contributed by atoms with E-state index in [0.29, 0.717) is 19.1 Å². The van der Waals surface area contributed by atoms with Gasteiger partial charge in [-0.25, -0.2) is 4.39 Å². The van der Waals surface area contributed by atoms with Crippen LogP contribution in [-0.4, -0.2) is 43.4 Å². The van der Waals surface area contributed by atoms with Gasteiger partial charge in [-0.2, -0.15) is 0 Å². The lowest BCUT2D eigenvalue weighted by molar-refractivity contribution is -0.0955. The molecule has 2 aromatic rings. The normalized spacial score (nSPS) is 19.5. The highest BCUT2D eigenvalue weighted by Crippen LogP contribution is 2.31. The first kappa shape index (κ1) is 16.7. The zero-order valence-corrected chi connectivity index (χ0v) is 14.6. The Labute approximate surface area is 150 Å². The van der Waals surface area contributed by atoms with Crippen molar-refractivity contribution in [1.29, 1.82) is 0 Å². The monoisotopic (exact) mass is 361 g/mol. The van der Waals surface area contributed by atoms with Crippen molar-refractivity contribution >= 4 is 17.2 Å². The van der Waals surface area contributed by atoms with Crippen LogP contribution in [0, 0.1) is 11.7 Å². The Bertz CT molecular complexity index is 731. The highest BCUT2D eigenvalue weighted by Gasteiger charge is 2.32. The van der Waals surface area contributed by atoms with Crippen molar-refractivity contribution in [2.45, 2.75) is 19.1 Å². The van der Waals surface area contributed by atoms with Gasteiger partial charge in [-0.05, 0) is 42.7 Å². The van der Waals surface area contributed by atoms with Gasteiger partial charge in [0.2, 0.25) is 0 Å². The lowest BCUT2D eigenvalue weighted by atomic mass is 9.96. The number of piperidine rings is 1. The Morgan fingerprint density at radius 3 is 2.40 bits per heavy atom. The molecule has 0 aliphatic carbocycles. The van der Waals surface area contributed by atoms with Gasteiger partial charge in [0, 0.05) is 23.9 Å².